The lowest BCUT2D eigenvalue weighted by molar-refractivity contribution is -0.142. The van der Waals surface area contributed by atoms with Gasteiger partial charge in [-0.05, 0) is 62.6 Å². The van der Waals surface area contributed by atoms with Crippen molar-refractivity contribution in [3.63, 3.8) is 0 Å². The fourth-order valence-corrected chi connectivity index (χ4v) is 2.92. The van der Waals surface area contributed by atoms with E-state index in [-0.39, 0.29) is 24.5 Å². The minimum Gasteiger partial charge on any atom is -0.497 e. The van der Waals surface area contributed by atoms with Crippen molar-refractivity contribution in [1.29, 1.82) is 0 Å². The molecule has 0 saturated carbocycles. The Bertz CT molecular complexity index is 835. The number of nitrogens with one attached hydrogen (secondary N) is 1. The van der Waals surface area contributed by atoms with Gasteiger partial charge in [-0.3, -0.25) is 9.59 Å². The van der Waals surface area contributed by atoms with Gasteiger partial charge in [0.1, 0.15) is 17.5 Å². The molecule has 0 spiro atoms. The molecule has 0 saturated heterocycles. The molecular weight excluding hydrogens is 380 g/mol. The normalized spacial score (nSPS) is 12.6. The third-order valence-electron chi connectivity index (χ3n) is 5.19. The van der Waals surface area contributed by atoms with Crippen LogP contribution in [0.4, 0.5) is 0 Å². The lowest BCUT2D eigenvalue weighted by atomic mass is 10.1. The summed E-state index contributed by atoms with van der Waals surface area (Å²) < 4.78 is 10.8. The molecule has 162 valence electrons. The van der Waals surface area contributed by atoms with Crippen molar-refractivity contribution in [1.82, 2.24) is 10.2 Å². The number of nitrogens with zero attached hydrogens (tertiary/aromatic N) is 1. The lowest BCUT2D eigenvalue weighted by Gasteiger charge is -2.30. The summed E-state index contributed by atoms with van der Waals surface area (Å²) >= 11 is 0. The molecule has 2 aromatic carbocycles. The second-order valence-corrected chi connectivity index (χ2v) is 7.41. The Kier molecular flexibility index (Phi) is 8.71. The highest BCUT2D eigenvalue weighted by atomic mass is 16.5. The molecule has 2 rings (SSSR count). The van der Waals surface area contributed by atoms with Gasteiger partial charge >= 0.3 is 0 Å². The lowest BCUT2D eigenvalue weighted by Crippen LogP contribution is -2.50. The molecule has 6 heteroatoms. The van der Waals surface area contributed by atoms with Crippen LogP contribution in [-0.2, 0) is 16.1 Å². The summed E-state index contributed by atoms with van der Waals surface area (Å²) in [5, 5.41) is 2.96. The van der Waals surface area contributed by atoms with Crippen molar-refractivity contribution in [3.8, 4) is 11.5 Å². The molecule has 0 aliphatic rings. The summed E-state index contributed by atoms with van der Waals surface area (Å²) in [5.41, 5.74) is 2.07. The third kappa shape index (κ3) is 6.51. The van der Waals surface area contributed by atoms with E-state index in [2.05, 4.69) is 5.32 Å². The number of ether oxygens (including phenoxy) is 2. The van der Waals surface area contributed by atoms with Crippen LogP contribution in [0.2, 0.25) is 0 Å². The minimum atomic E-state index is -0.620. The molecule has 0 aliphatic heterocycles. The maximum absolute atomic E-state index is 13.1. The van der Waals surface area contributed by atoms with Gasteiger partial charge in [0.25, 0.3) is 5.91 Å². The van der Waals surface area contributed by atoms with Gasteiger partial charge < -0.3 is 19.7 Å². The van der Waals surface area contributed by atoms with Crippen molar-refractivity contribution in [3.05, 3.63) is 59.7 Å². The maximum atomic E-state index is 13.1. The van der Waals surface area contributed by atoms with Crippen molar-refractivity contribution >= 4 is 11.8 Å². The van der Waals surface area contributed by atoms with Crippen LogP contribution in [0.1, 0.15) is 38.3 Å². The zero-order valence-electron chi connectivity index (χ0n) is 18.5. The summed E-state index contributed by atoms with van der Waals surface area (Å²) in [7, 11) is 1.59. The molecule has 0 heterocycles. The van der Waals surface area contributed by atoms with Gasteiger partial charge in [-0.1, -0.05) is 31.2 Å². The highest BCUT2D eigenvalue weighted by molar-refractivity contribution is 5.88. The monoisotopic (exact) mass is 412 g/mol. The number of methoxy groups -OCH3 is 1. The fourth-order valence-electron chi connectivity index (χ4n) is 2.92. The smallest absolute Gasteiger partial charge is 0.261 e. The highest BCUT2D eigenvalue weighted by Crippen LogP contribution is 2.18. The molecule has 0 aliphatic carbocycles. The number of hydrogen-bond acceptors (Lipinski definition) is 4. The summed E-state index contributed by atoms with van der Waals surface area (Å²) in [5.74, 6) is 0.860. The molecule has 0 fully saturated rings. The Balaban J connectivity index is 2.14. The van der Waals surface area contributed by atoms with E-state index in [0.717, 1.165) is 17.5 Å². The van der Waals surface area contributed by atoms with Crippen molar-refractivity contribution in [2.24, 2.45) is 0 Å². The minimum absolute atomic E-state index is 0.0471. The number of aryl methyl sites for hydroxylation is 1. The first kappa shape index (κ1) is 23.3. The third-order valence-corrected chi connectivity index (χ3v) is 5.19. The fraction of sp³-hybridized carbons (Fsp3) is 0.417. The van der Waals surface area contributed by atoms with Crippen LogP contribution < -0.4 is 14.8 Å². The Morgan fingerprint density at radius 3 is 2.27 bits per heavy atom. The van der Waals surface area contributed by atoms with Crippen LogP contribution in [0.15, 0.2) is 48.5 Å². The molecule has 6 nitrogen and oxygen atoms in total. The number of amides is 2. The van der Waals surface area contributed by atoms with E-state index in [9.17, 15) is 9.59 Å². The van der Waals surface area contributed by atoms with Gasteiger partial charge in [0.15, 0.2) is 6.61 Å². The second-order valence-electron chi connectivity index (χ2n) is 7.41. The van der Waals surface area contributed by atoms with Gasteiger partial charge in [0.2, 0.25) is 5.91 Å². The molecule has 2 atom stereocenters. The molecule has 0 aromatic heterocycles. The molecule has 2 amide bonds. The average molecular weight is 413 g/mol. The zero-order chi connectivity index (χ0) is 22.1. The topological polar surface area (TPSA) is 67.9 Å². The van der Waals surface area contributed by atoms with Crippen LogP contribution in [0.5, 0.6) is 11.5 Å². The summed E-state index contributed by atoms with van der Waals surface area (Å²) in [6.07, 6.45) is 0.824. The van der Waals surface area contributed by atoms with E-state index in [1.165, 1.54) is 0 Å². The second kappa shape index (κ2) is 11.2. The predicted molar refractivity (Wildman–Crippen MR) is 118 cm³/mol. The van der Waals surface area contributed by atoms with Crippen LogP contribution in [-0.4, -0.2) is 42.5 Å². The Morgan fingerprint density at radius 1 is 1.03 bits per heavy atom. The maximum Gasteiger partial charge on any atom is 0.261 e. The number of carbonyl (C=O) groups excluding carboxylic acids is 2. The van der Waals surface area contributed by atoms with Gasteiger partial charge in [0.05, 0.1) is 7.11 Å². The Labute approximate surface area is 179 Å². The number of rotatable bonds is 10. The van der Waals surface area contributed by atoms with Crippen LogP contribution in [0, 0.1) is 6.92 Å². The predicted octanol–water partition coefficient (Wildman–Crippen LogP) is 3.71. The van der Waals surface area contributed by atoms with E-state index in [1.807, 2.05) is 45.0 Å². The highest BCUT2D eigenvalue weighted by Gasteiger charge is 2.27. The summed E-state index contributed by atoms with van der Waals surface area (Å²) in [6.45, 7) is 7.89. The van der Waals surface area contributed by atoms with Gasteiger partial charge in [-0.25, -0.2) is 0 Å². The van der Waals surface area contributed by atoms with Crippen molar-refractivity contribution in [2.45, 2.75) is 52.7 Å². The van der Waals surface area contributed by atoms with Gasteiger partial charge in [0, 0.05) is 12.6 Å². The molecular formula is C24H32N2O4. The van der Waals surface area contributed by atoms with Crippen molar-refractivity contribution in [2.75, 3.05) is 13.7 Å². The van der Waals surface area contributed by atoms with Crippen LogP contribution in [0.3, 0.4) is 0 Å². The first-order valence-electron chi connectivity index (χ1n) is 10.3. The first-order valence-corrected chi connectivity index (χ1v) is 10.3. The molecule has 0 bridgehead atoms. The van der Waals surface area contributed by atoms with Gasteiger partial charge in [-0.15, -0.1) is 0 Å². The quantitative estimate of drug-likeness (QED) is 0.646. The Morgan fingerprint density at radius 2 is 1.67 bits per heavy atom. The molecule has 1 N–H and O–H groups in total. The molecule has 30 heavy (non-hydrogen) atoms. The zero-order valence-corrected chi connectivity index (χ0v) is 18.5. The van der Waals surface area contributed by atoms with E-state index in [4.69, 9.17) is 9.47 Å². The standard InChI is InChI=1S/C24H32N2O4/c1-6-18(3)25-24(28)19(4)26(15-20-10-8-7-9-17(20)2)23(27)16-30-22-13-11-21(29-5)12-14-22/h7-14,18-19H,6,15-16H2,1-5H3,(H,25,28)/t18-,19+/m0/s1. The largest absolute Gasteiger partial charge is 0.497 e. The molecule has 0 radical (unpaired) electrons. The molecule has 0 unspecified atom stereocenters. The van der Waals surface area contributed by atoms with Crippen LogP contribution >= 0.6 is 0 Å². The first-order chi connectivity index (χ1) is 14.3. The number of benzene rings is 2. The SMILES string of the molecule is CC[C@H](C)NC(=O)[C@@H](C)N(Cc1ccccc1C)C(=O)COc1ccc(OC)cc1. The van der Waals surface area contributed by atoms with E-state index < -0.39 is 6.04 Å². The van der Waals surface area contributed by atoms with Crippen molar-refractivity contribution < 1.29 is 19.1 Å². The van der Waals surface area contributed by atoms with E-state index >= 15 is 0 Å². The van der Waals surface area contributed by atoms with Gasteiger partial charge in [-0.2, -0.15) is 0 Å². The van der Waals surface area contributed by atoms with E-state index in [1.54, 1.807) is 43.2 Å². The number of hydrogen-bond donors (Lipinski definition) is 1. The number of carbonyl (C=O) groups is 2. The van der Waals surface area contributed by atoms with E-state index in [0.29, 0.717) is 18.0 Å². The summed E-state index contributed by atoms with van der Waals surface area (Å²) in [6, 6.07) is 14.3. The molecule has 2 aromatic rings. The Hall–Kier alpha value is -3.02. The average Bonchev–Trinajstić information content (AvgIpc) is 2.76. The summed E-state index contributed by atoms with van der Waals surface area (Å²) in [4.78, 5) is 27.3. The van der Waals surface area contributed by atoms with Crippen LogP contribution in [0.25, 0.3) is 0 Å².